The van der Waals surface area contributed by atoms with Crippen LogP contribution < -0.4 is 5.32 Å². The summed E-state index contributed by atoms with van der Waals surface area (Å²) >= 11 is 0. The monoisotopic (exact) mass is 264 g/mol. The van der Waals surface area contributed by atoms with Crippen molar-refractivity contribution in [1.29, 1.82) is 0 Å². The van der Waals surface area contributed by atoms with E-state index in [0.717, 1.165) is 19.1 Å². The summed E-state index contributed by atoms with van der Waals surface area (Å²) in [6, 6.07) is 1.21. The first-order valence-corrected chi connectivity index (χ1v) is 7.69. The Labute approximate surface area is 117 Å². The largest absolute Gasteiger partial charge is 0.320 e. The fourth-order valence-corrected chi connectivity index (χ4v) is 3.11. The van der Waals surface area contributed by atoms with Gasteiger partial charge in [0, 0.05) is 30.4 Å². The zero-order valence-corrected chi connectivity index (χ0v) is 12.6. The van der Waals surface area contributed by atoms with Gasteiger partial charge in [-0.15, -0.1) is 0 Å². The molecule has 1 saturated heterocycles. The molecule has 2 unspecified atom stereocenters. The van der Waals surface area contributed by atoms with Crippen molar-refractivity contribution in [3.8, 4) is 0 Å². The molecule has 0 amide bonds. The third-order valence-electron chi connectivity index (χ3n) is 4.36. The van der Waals surface area contributed by atoms with Gasteiger partial charge in [0.25, 0.3) is 0 Å². The summed E-state index contributed by atoms with van der Waals surface area (Å²) in [6.45, 7) is 7.76. The predicted molar refractivity (Wildman–Crippen MR) is 79.2 cm³/mol. The van der Waals surface area contributed by atoms with Gasteiger partial charge in [-0.2, -0.15) is 5.10 Å². The summed E-state index contributed by atoms with van der Waals surface area (Å²) in [4.78, 5) is 2.68. The van der Waals surface area contributed by atoms with E-state index in [4.69, 9.17) is 0 Å². The summed E-state index contributed by atoms with van der Waals surface area (Å²) in [6.07, 6.45) is 9.55. The minimum absolute atomic E-state index is 0.488. The van der Waals surface area contributed by atoms with Crippen molar-refractivity contribution < 1.29 is 0 Å². The molecule has 2 heterocycles. The van der Waals surface area contributed by atoms with Crippen molar-refractivity contribution in [3.05, 3.63) is 18.0 Å². The molecule has 1 fully saturated rings. The van der Waals surface area contributed by atoms with E-state index in [9.17, 15) is 0 Å². The van der Waals surface area contributed by atoms with Crippen molar-refractivity contribution in [3.63, 3.8) is 0 Å². The molecule has 1 aromatic rings. The minimum atomic E-state index is 0.488. The predicted octanol–water partition coefficient (Wildman–Crippen LogP) is 2.43. The van der Waals surface area contributed by atoms with Gasteiger partial charge in [0.05, 0.1) is 6.20 Å². The number of rotatable bonds is 6. The lowest BCUT2D eigenvalue weighted by Gasteiger charge is -2.39. The Balaban J connectivity index is 2.03. The molecule has 0 radical (unpaired) electrons. The van der Waals surface area contributed by atoms with Crippen molar-refractivity contribution in [2.75, 3.05) is 20.1 Å². The van der Waals surface area contributed by atoms with Crippen LogP contribution in [0.5, 0.6) is 0 Å². The fourth-order valence-electron chi connectivity index (χ4n) is 3.11. The Kier molecular flexibility index (Phi) is 5.40. The summed E-state index contributed by atoms with van der Waals surface area (Å²) in [5.41, 5.74) is 1.36. The van der Waals surface area contributed by atoms with Gasteiger partial charge in [-0.05, 0) is 53.2 Å². The van der Waals surface area contributed by atoms with Crippen LogP contribution in [0, 0.1) is 0 Å². The molecule has 4 heteroatoms. The molecule has 0 aliphatic carbocycles. The molecule has 0 saturated carbocycles. The van der Waals surface area contributed by atoms with Gasteiger partial charge in [0.1, 0.15) is 0 Å². The molecule has 1 aliphatic rings. The zero-order valence-electron chi connectivity index (χ0n) is 12.6. The van der Waals surface area contributed by atoms with Crippen molar-refractivity contribution in [2.45, 2.75) is 58.2 Å². The zero-order chi connectivity index (χ0) is 13.7. The van der Waals surface area contributed by atoms with Crippen LogP contribution in [0.15, 0.2) is 12.4 Å². The van der Waals surface area contributed by atoms with Crippen molar-refractivity contribution in [2.24, 2.45) is 0 Å². The number of nitrogens with one attached hydrogen (secondary N) is 1. The summed E-state index contributed by atoms with van der Waals surface area (Å²) < 4.78 is 2.03. The average molecular weight is 264 g/mol. The highest BCUT2D eigenvalue weighted by atomic mass is 15.3. The van der Waals surface area contributed by atoms with E-state index in [2.05, 4.69) is 35.4 Å². The van der Waals surface area contributed by atoms with Gasteiger partial charge in [-0.25, -0.2) is 0 Å². The lowest BCUT2D eigenvalue weighted by molar-refractivity contribution is 0.0971. The molecular formula is C15H28N4. The molecular weight excluding hydrogens is 236 g/mol. The van der Waals surface area contributed by atoms with Crippen LogP contribution in [0.4, 0.5) is 0 Å². The molecule has 0 spiro atoms. The number of piperidine rings is 1. The van der Waals surface area contributed by atoms with Crippen LogP contribution in [-0.4, -0.2) is 40.9 Å². The van der Waals surface area contributed by atoms with E-state index in [1.807, 2.05) is 17.9 Å². The second-order valence-electron chi connectivity index (χ2n) is 5.58. The highest BCUT2D eigenvalue weighted by Crippen LogP contribution is 2.29. The summed E-state index contributed by atoms with van der Waals surface area (Å²) in [5, 5.41) is 7.70. The normalized spacial score (nSPS) is 22.6. The first-order valence-electron chi connectivity index (χ1n) is 7.69. The van der Waals surface area contributed by atoms with Crippen LogP contribution in [0.3, 0.4) is 0 Å². The summed E-state index contributed by atoms with van der Waals surface area (Å²) in [7, 11) is 2.04. The average Bonchev–Trinajstić information content (AvgIpc) is 2.93. The van der Waals surface area contributed by atoms with E-state index in [1.54, 1.807) is 0 Å². The number of aromatic nitrogens is 2. The third kappa shape index (κ3) is 3.57. The van der Waals surface area contributed by atoms with Crippen molar-refractivity contribution in [1.82, 2.24) is 20.0 Å². The molecule has 1 N–H and O–H groups in total. The standard InChI is InChI=1S/C15H28N4/c1-4-18-12-14(11-17-18)13(2)19-10-6-5-7-15(19)8-9-16-3/h11-13,15-16H,4-10H2,1-3H3. The molecule has 2 atom stereocenters. The molecule has 4 nitrogen and oxygen atoms in total. The van der Waals surface area contributed by atoms with Gasteiger partial charge < -0.3 is 5.32 Å². The quantitative estimate of drug-likeness (QED) is 0.856. The topological polar surface area (TPSA) is 33.1 Å². The van der Waals surface area contributed by atoms with Crippen LogP contribution in [0.2, 0.25) is 0 Å². The van der Waals surface area contributed by atoms with Gasteiger partial charge >= 0.3 is 0 Å². The highest BCUT2D eigenvalue weighted by Gasteiger charge is 2.27. The number of hydrogen-bond donors (Lipinski definition) is 1. The van der Waals surface area contributed by atoms with Gasteiger partial charge in [0.2, 0.25) is 0 Å². The molecule has 19 heavy (non-hydrogen) atoms. The lowest BCUT2D eigenvalue weighted by atomic mass is 9.96. The van der Waals surface area contributed by atoms with E-state index in [-0.39, 0.29) is 0 Å². The maximum atomic E-state index is 4.42. The molecule has 2 rings (SSSR count). The van der Waals surface area contributed by atoms with Gasteiger partial charge in [-0.3, -0.25) is 9.58 Å². The second kappa shape index (κ2) is 7.06. The third-order valence-corrected chi connectivity index (χ3v) is 4.36. The molecule has 0 bridgehead atoms. The Morgan fingerprint density at radius 3 is 3.00 bits per heavy atom. The molecule has 1 aliphatic heterocycles. The smallest absolute Gasteiger partial charge is 0.0537 e. The minimum Gasteiger partial charge on any atom is -0.320 e. The number of hydrogen-bond acceptors (Lipinski definition) is 3. The Morgan fingerprint density at radius 1 is 1.47 bits per heavy atom. The van der Waals surface area contributed by atoms with Crippen LogP contribution in [0.1, 0.15) is 51.1 Å². The Hall–Kier alpha value is -0.870. The molecule has 1 aromatic heterocycles. The van der Waals surface area contributed by atoms with E-state index >= 15 is 0 Å². The van der Waals surface area contributed by atoms with Crippen molar-refractivity contribution >= 4 is 0 Å². The van der Waals surface area contributed by atoms with E-state index in [0.29, 0.717) is 6.04 Å². The number of likely N-dealkylation sites (tertiary alicyclic amines) is 1. The Morgan fingerprint density at radius 2 is 2.32 bits per heavy atom. The van der Waals surface area contributed by atoms with Gasteiger partial charge in [-0.1, -0.05) is 6.42 Å². The van der Waals surface area contributed by atoms with E-state index < -0.39 is 0 Å². The first kappa shape index (κ1) is 14.5. The molecule has 0 aromatic carbocycles. The maximum Gasteiger partial charge on any atom is 0.0537 e. The van der Waals surface area contributed by atoms with Crippen LogP contribution in [-0.2, 0) is 6.54 Å². The lowest BCUT2D eigenvalue weighted by Crippen LogP contribution is -2.42. The fraction of sp³-hybridized carbons (Fsp3) is 0.800. The van der Waals surface area contributed by atoms with E-state index in [1.165, 1.54) is 37.8 Å². The summed E-state index contributed by atoms with van der Waals surface area (Å²) in [5.74, 6) is 0. The first-order chi connectivity index (χ1) is 9.26. The SMILES string of the molecule is CCn1cc(C(C)N2CCCCC2CCNC)cn1. The second-order valence-corrected chi connectivity index (χ2v) is 5.58. The number of aryl methyl sites for hydroxylation is 1. The van der Waals surface area contributed by atoms with Gasteiger partial charge in [0.15, 0.2) is 0 Å². The van der Waals surface area contributed by atoms with Crippen LogP contribution in [0.25, 0.3) is 0 Å². The Bertz CT molecular complexity index is 374. The maximum absolute atomic E-state index is 4.42. The van der Waals surface area contributed by atoms with Crippen LogP contribution >= 0.6 is 0 Å². The molecule has 108 valence electrons. The highest BCUT2D eigenvalue weighted by molar-refractivity contribution is 5.10. The number of nitrogens with zero attached hydrogens (tertiary/aromatic N) is 3.